The highest BCUT2D eigenvalue weighted by atomic mass is 35.5. The third-order valence-corrected chi connectivity index (χ3v) is 5.17. The van der Waals surface area contributed by atoms with Gasteiger partial charge in [0.1, 0.15) is 0 Å². The fraction of sp³-hybridized carbons (Fsp3) is 0.381. The predicted molar refractivity (Wildman–Crippen MR) is 103 cm³/mol. The Kier molecular flexibility index (Phi) is 6.24. The van der Waals surface area contributed by atoms with Gasteiger partial charge in [0.2, 0.25) is 0 Å². The lowest BCUT2D eigenvalue weighted by Gasteiger charge is -2.33. The summed E-state index contributed by atoms with van der Waals surface area (Å²) in [6, 6.07) is 17.7. The summed E-state index contributed by atoms with van der Waals surface area (Å²) < 4.78 is 0. The van der Waals surface area contributed by atoms with Crippen molar-refractivity contribution < 1.29 is 4.79 Å². The van der Waals surface area contributed by atoms with Gasteiger partial charge in [-0.05, 0) is 62.2 Å². The molecular formula is C21H25ClN2O. The largest absolute Gasteiger partial charge is 0.326 e. The van der Waals surface area contributed by atoms with Gasteiger partial charge in [-0.25, -0.2) is 0 Å². The van der Waals surface area contributed by atoms with E-state index in [-0.39, 0.29) is 17.7 Å². The molecule has 2 aromatic carbocycles. The van der Waals surface area contributed by atoms with Crippen molar-refractivity contribution in [2.45, 2.75) is 25.3 Å². The maximum atomic E-state index is 12.6. The number of rotatable bonds is 6. The summed E-state index contributed by atoms with van der Waals surface area (Å²) in [5, 5.41) is 0.666. The number of carbonyl (C=O) groups excluding carboxylic acids is 1. The Balaban J connectivity index is 1.46. The van der Waals surface area contributed by atoms with Gasteiger partial charge in [0.05, 0.1) is 0 Å². The van der Waals surface area contributed by atoms with Gasteiger partial charge in [-0.2, -0.15) is 0 Å². The molecule has 1 aliphatic heterocycles. The SMILES string of the molecule is N[C@@H](Cc1ccccc1)CN1CCC(C(=O)c2ccc(Cl)cc2)CC1. The van der Waals surface area contributed by atoms with E-state index in [0.717, 1.165) is 44.5 Å². The molecule has 1 fully saturated rings. The Morgan fingerprint density at radius 1 is 1.08 bits per heavy atom. The second kappa shape index (κ2) is 8.61. The first kappa shape index (κ1) is 18.1. The Morgan fingerprint density at radius 3 is 2.36 bits per heavy atom. The summed E-state index contributed by atoms with van der Waals surface area (Å²) in [6.45, 7) is 2.76. The number of Topliss-reactive ketones (excluding diaryl/α,β-unsaturated/α-hetero) is 1. The zero-order valence-corrected chi connectivity index (χ0v) is 15.2. The van der Waals surface area contributed by atoms with Crippen LogP contribution in [0.3, 0.4) is 0 Å². The lowest BCUT2D eigenvalue weighted by Crippen LogP contribution is -2.43. The van der Waals surface area contributed by atoms with Gasteiger partial charge in [-0.3, -0.25) is 4.79 Å². The van der Waals surface area contributed by atoms with E-state index >= 15 is 0 Å². The first-order chi connectivity index (χ1) is 12.1. The number of hydrogen-bond acceptors (Lipinski definition) is 3. The molecule has 0 aliphatic carbocycles. The predicted octanol–water partition coefficient (Wildman–Crippen LogP) is 3.80. The molecule has 1 aliphatic rings. The number of benzene rings is 2. The fourth-order valence-electron chi connectivity index (χ4n) is 3.54. The maximum Gasteiger partial charge on any atom is 0.166 e. The molecule has 25 heavy (non-hydrogen) atoms. The van der Waals surface area contributed by atoms with Crippen LogP contribution >= 0.6 is 11.6 Å². The maximum absolute atomic E-state index is 12.6. The summed E-state index contributed by atoms with van der Waals surface area (Å²) in [4.78, 5) is 15.0. The molecule has 3 rings (SSSR count). The van der Waals surface area contributed by atoms with Gasteiger partial charge in [0.25, 0.3) is 0 Å². The van der Waals surface area contributed by atoms with Crippen LogP contribution < -0.4 is 5.73 Å². The van der Waals surface area contributed by atoms with E-state index < -0.39 is 0 Å². The number of ketones is 1. The van der Waals surface area contributed by atoms with Crippen LogP contribution in [0.2, 0.25) is 5.02 Å². The molecule has 3 nitrogen and oxygen atoms in total. The Hall–Kier alpha value is -1.68. The van der Waals surface area contributed by atoms with Crippen molar-refractivity contribution in [3.63, 3.8) is 0 Å². The minimum Gasteiger partial charge on any atom is -0.326 e. The highest BCUT2D eigenvalue weighted by Crippen LogP contribution is 2.23. The van der Waals surface area contributed by atoms with E-state index in [1.807, 2.05) is 18.2 Å². The van der Waals surface area contributed by atoms with Crippen molar-refractivity contribution >= 4 is 17.4 Å². The molecule has 0 unspecified atom stereocenters. The Morgan fingerprint density at radius 2 is 1.72 bits per heavy atom. The van der Waals surface area contributed by atoms with Crippen molar-refractivity contribution in [1.82, 2.24) is 4.90 Å². The van der Waals surface area contributed by atoms with E-state index in [9.17, 15) is 4.79 Å². The number of nitrogens with two attached hydrogens (primary N) is 1. The fourth-order valence-corrected chi connectivity index (χ4v) is 3.67. The van der Waals surface area contributed by atoms with Crippen molar-refractivity contribution in [2.24, 2.45) is 11.7 Å². The van der Waals surface area contributed by atoms with Gasteiger partial charge in [-0.15, -0.1) is 0 Å². The second-order valence-electron chi connectivity index (χ2n) is 6.90. The molecule has 0 radical (unpaired) electrons. The first-order valence-electron chi connectivity index (χ1n) is 8.93. The second-order valence-corrected chi connectivity index (χ2v) is 7.33. The molecule has 0 bridgehead atoms. The number of halogens is 1. The van der Waals surface area contributed by atoms with Crippen LogP contribution in [0.5, 0.6) is 0 Å². The highest BCUT2D eigenvalue weighted by molar-refractivity contribution is 6.30. The molecule has 1 saturated heterocycles. The summed E-state index contributed by atoms with van der Waals surface area (Å²) in [7, 11) is 0. The van der Waals surface area contributed by atoms with Crippen LogP contribution in [0.25, 0.3) is 0 Å². The number of nitrogens with zero attached hydrogens (tertiary/aromatic N) is 1. The topological polar surface area (TPSA) is 46.3 Å². The summed E-state index contributed by atoms with van der Waals surface area (Å²) in [5.41, 5.74) is 8.36. The van der Waals surface area contributed by atoms with E-state index in [1.165, 1.54) is 5.56 Å². The van der Waals surface area contributed by atoms with Crippen LogP contribution in [0.4, 0.5) is 0 Å². The van der Waals surface area contributed by atoms with Crippen molar-refractivity contribution in [2.75, 3.05) is 19.6 Å². The molecule has 0 aromatic heterocycles. The molecule has 2 aromatic rings. The summed E-state index contributed by atoms with van der Waals surface area (Å²) >= 11 is 5.90. The molecule has 2 N–H and O–H groups in total. The molecule has 0 spiro atoms. The molecule has 0 amide bonds. The molecule has 0 saturated carbocycles. The van der Waals surface area contributed by atoms with Crippen molar-refractivity contribution in [3.8, 4) is 0 Å². The van der Waals surface area contributed by atoms with Crippen LogP contribution in [0, 0.1) is 5.92 Å². The van der Waals surface area contributed by atoms with E-state index in [0.29, 0.717) is 5.02 Å². The van der Waals surface area contributed by atoms with Crippen molar-refractivity contribution in [3.05, 3.63) is 70.7 Å². The van der Waals surface area contributed by atoms with Gasteiger partial charge in [0, 0.05) is 29.1 Å². The van der Waals surface area contributed by atoms with Gasteiger partial charge in [-0.1, -0.05) is 41.9 Å². The minimum atomic E-state index is 0.114. The zero-order chi connectivity index (χ0) is 17.6. The zero-order valence-electron chi connectivity index (χ0n) is 14.4. The highest BCUT2D eigenvalue weighted by Gasteiger charge is 2.26. The van der Waals surface area contributed by atoms with Gasteiger partial charge >= 0.3 is 0 Å². The smallest absolute Gasteiger partial charge is 0.166 e. The van der Waals surface area contributed by atoms with E-state index in [2.05, 4.69) is 29.2 Å². The van der Waals surface area contributed by atoms with Gasteiger partial charge in [0.15, 0.2) is 5.78 Å². The van der Waals surface area contributed by atoms with E-state index in [4.69, 9.17) is 17.3 Å². The molecule has 1 atom stereocenters. The minimum absolute atomic E-state index is 0.114. The lowest BCUT2D eigenvalue weighted by atomic mass is 9.88. The average molecular weight is 357 g/mol. The number of carbonyl (C=O) groups is 1. The Labute approximate surface area is 154 Å². The Bertz CT molecular complexity index is 679. The number of hydrogen-bond donors (Lipinski definition) is 1. The number of likely N-dealkylation sites (tertiary alicyclic amines) is 1. The number of piperidine rings is 1. The van der Waals surface area contributed by atoms with Crippen molar-refractivity contribution in [1.29, 1.82) is 0 Å². The molecular weight excluding hydrogens is 332 g/mol. The standard InChI is InChI=1S/C21H25ClN2O/c22-19-8-6-17(7-9-19)21(25)18-10-12-24(13-11-18)15-20(23)14-16-4-2-1-3-5-16/h1-9,18,20H,10-15,23H2/t20-/m0/s1. The lowest BCUT2D eigenvalue weighted by molar-refractivity contribution is 0.0836. The van der Waals surface area contributed by atoms with Crippen LogP contribution in [0.1, 0.15) is 28.8 Å². The average Bonchev–Trinajstić information content (AvgIpc) is 2.63. The summed E-state index contributed by atoms with van der Waals surface area (Å²) in [5.74, 6) is 0.354. The van der Waals surface area contributed by atoms with Crippen LogP contribution in [-0.4, -0.2) is 36.4 Å². The van der Waals surface area contributed by atoms with Gasteiger partial charge < -0.3 is 10.6 Å². The van der Waals surface area contributed by atoms with E-state index in [1.54, 1.807) is 12.1 Å². The monoisotopic (exact) mass is 356 g/mol. The van der Waals surface area contributed by atoms with Crippen LogP contribution in [0.15, 0.2) is 54.6 Å². The normalized spacial score (nSPS) is 17.4. The van der Waals surface area contributed by atoms with Crippen LogP contribution in [-0.2, 0) is 6.42 Å². The third-order valence-electron chi connectivity index (χ3n) is 4.92. The quantitative estimate of drug-likeness (QED) is 0.801. The molecule has 1 heterocycles. The first-order valence-corrected chi connectivity index (χ1v) is 9.31. The summed E-state index contributed by atoms with van der Waals surface area (Å²) in [6.07, 6.45) is 2.70. The third kappa shape index (κ3) is 5.15. The molecule has 4 heteroatoms. The molecule has 132 valence electrons.